The lowest BCUT2D eigenvalue weighted by atomic mass is 9.97. The SMILES string of the molecule is CCCOCCCCc1cccc(-c2ccc(-c3cc(C(=O)O)c4nn(C)nc4c3)cc2)c1. The van der Waals surface area contributed by atoms with E-state index in [1.54, 1.807) is 13.1 Å². The van der Waals surface area contributed by atoms with Crippen LogP contribution in [0.3, 0.4) is 0 Å². The average molecular weight is 444 g/mol. The zero-order valence-corrected chi connectivity index (χ0v) is 19.1. The Labute approximate surface area is 193 Å². The molecule has 0 spiro atoms. The molecule has 6 heteroatoms. The third-order valence-electron chi connectivity index (χ3n) is 5.65. The van der Waals surface area contributed by atoms with Crippen LogP contribution < -0.4 is 0 Å². The van der Waals surface area contributed by atoms with Crippen LogP contribution in [-0.2, 0) is 18.2 Å². The predicted octanol–water partition coefficient (Wildman–Crippen LogP) is 5.75. The van der Waals surface area contributed by atoms with Gasteiger partial charge in [-0.05, 0) is 65.6 Å². The maximum atomic E-state index is 11.7. The Morgan fingerprint density at radius 2 is 1.67 bits per heavy atom. The van der Waals surface area contributed by atoms with Crippen molar-refractivity contribution in [1.82, 2.24) is 15.0 Å². The van der Waals surface area contributed by atoms with Gasteiger partial charge in [0.2, 0.25) is 0 Å². The van der Waals surface area contributed by atoms with Crippen molar-refractivity contribution in [3.05, 3.63) is 71.8 Å². The number of carbonyl (C=O) groups is 1. The van der Waals surface area contributed by atoms with Crippen molar-refractivity contribution in [3.8, 4) is 22.3 Å². The van der Waals surface area contributed by atoms with E-state index in [2.05, 4.69) is 53.5 Å². The van der Waals surface area contributed by atoms with Crippen LogP contribution >= 0.6 is 0 Å². The lowest BCUT2D eigenvalue weighted by Gasteiger charge is -2.08. The lowest BCUT2D eigenvalue weighted by Crippen LogP contribution is -1.99. The summed E-state index contributed by atoms with van der Waals surface area (Å²) in [6, 6.07) is 20.4. The van der Waals surface area contributed by atoms with E-state index in [9.17, 15) is 9.90 Å². The van der Waals surface area contributed by atoms with E-state index in [-0.39, 0.29) is 5.56 Å². The number of aromatic carboxylic acids is 1. The van der Waals surface area contributed by atoms with Crippen LogP contribution in [0.5, 0.6) is 0 Å². The van der Waals surface area contributed by atoms with Crippen LogP contribution in [0.25, 0.3) is 33.3 Å². The fraction of sp³-hybridized carbons (Fsp3) is 0.296. The highest BCUT2D eigenvalue weighted by Crippen LogP contribution is 2.29. The molecule has 1 heterocycles. The van der Waals surface area contributed by atoms with Crippen molar-refractivity contribution in [2.24, 2.45) is 7.05 Å². The van der Waals surface area contributed by atoms with Gasteiger partial charge in [0.05, 0.1) is 5.56 Å². The normalized spacial score (nSPS) is 11.2. The maximum absolute atomic E-state index is 11.7. The highest BCUT2D eigenvalue weighted by molar-refractivity contribution is 6.02. The fourth-order valence-corrected chi connectivity index (χ4v) is 3.99. The average Bonchev–Trinajstić information content (AvgIpc) is 3.21. The molecule has 0 aliphatic heterocycles. The van der Waals surface area contributed by atoms with Crippen LogP contribution in [0.2, 0.25) is 0 Å². The largest absolute Gasteiger partial charge is 0.478 e. The third-order valence-corrected chi connectivity index (χ3v) is 5.65. The summed E-state index contributed by atoms with van der Waals surface area (Å²) in [5.74, 6) is -1.01. The highest BCUT2D eigenvalue weighted by atomic mass is 16.5. The molecular formula is C27H29N3O3. The van der Waals surface area contributed by atoms with Crippen LogP contribution in [-0.4, -0.2) is 39.3 Å². The number of unbranched alkanes of at least 4 members (excludes halogenated alkanes) is 1. The number of aromatic nitrogens is 3. The molecule has 1 aromatic heterocycles. The first-order valence-electron chi connectivity index (χ1n) is 11.4. The summed E-state index contributed by atoms with van der Waals surface area (Å²) in [6.45, 7) is 3.80. The number of rotatable bonds is 10. The van der Waals surface area contributed by atoms with Crippen LogP contribution in [0.1, 0.15) is 42.1 Å². The quantitative estimate of drug-likeness (QED) is 0.316. The van der Waals surface area contributed by atoms with Crippen molar-refractivity contribution in [2.75, 3.05) is 13.2 Å². The van der Waals surface area contributed by atoms with Gasteiger partial charge in [0.25, 0.3) is 0 Å². The van der Waals surface area contributed by atoms with Gasteiger partial charge in [-0.25, -0.2) is 4.79 Å². The Hall–Kier alpha value is -3.51. The zero-order chi connectivity index (χ0) is 23.2. The highest BCUT2D eigenvalue weighted by Gasteiger charge is 2.15. The number of hydrogen-bond donors (Lipinski definition) is 1. The number of ether oxygens (including phenoxy) is 1. The lowest BCUT2D eigenvalue weighted by molar-refractivity contribution is 0.0699. The van der Waals surface area contributed by atoms with Gasteiger partial charge in [0.15, 0.2) is 0 Å². The Morgan fingerprint density at radius 3 is 2.39 bits per heavy atom. The molecule has 33 heavy (non-hydrogen) atoms. The molecule has 1 N–H and O–H groups in total. The second-order valence-corrected chi connectivity index (χ2v) is 8.23. The first-order chi connectivity index (χ1) is 16.0. The molecule has 6 nitrogen and oxygen atoms in total. The zero-order valence-electron chi connectivity index (χ0n) is 19.1. The van der Waals surface area contributed by atoms with Gasteiger partial charge < -0.3 is 9.84 Å². The van der Waals surface area contributed by atoms with Crippen molar-refractivity contribution in [3.63, 3.8) is 0 Å². The van der Waals surface area contributed by atoms with E-state index >= 15 is 0 Å². The van der Waals surface area contributed by atoms with Gasteiger partial charge in [-0.2, -0.15) is 15.0 Å². The second kappa shape index (κ2) is 10.4. The van der Waals surface area contributed by atoms with Gasteiger partial charge >= 0.3 is 5.97 Å². The molecular weight excluding hydrogens is 414 g/mol. The van der Waals surface area contributed by atoms with E-state index in [4.69, 9.17) is 4.74 Å². The Balaban J connectivity index is 1.50. The Kier molecular flexibility index (Phi) is 7.15. The van der Waals surface area contributed by atoms with E-state index < -0.39 is 5.97 Å². The van der Waals surface area contributed by atoms with Gasteiger partial charge in [0, 0.05) is 20.3 Å². The number of carboxylic acids is 1. The summed E-state index contributed by atoms with van der Waals surface area (Å²) in [6.07, 6.45) is 4.30. The summed E-state index contributed by atoms with van der Waals surface area (Å²) < 4.78 is 5.57. The Bertz CT molecular complexity index is 1250. The molecule has 4 rings (SSSR count). The molecule has 170 valence electrons. The first kappa shape index (κ1) is 22.7. The molecule has 3 aromatic carbocycles. The Morgan fingerprint density at radius 1 is 0.909 bits per heavy atom. The summed E-state index contributed by atoms with van der Waals surface area (Å²) in [4.78, 5) is 13.1. The van der Waals surface area contributed by atoms with Gasteiger partial charge in [0.1, 0.15) is 11.0 Å². The standard InChI is InChI=1S/C27H29N3O3/c1-3-14-33-15-5-4-7-19-8-6-9-22(16-19)20-10-12-21(13-11-20)23-17-24(27(31)32)26-25(18-23)28-30(2)29-26/h6,8-13,16-18H,3-5,7,14-15H2,1-2H3,(H,31,32). The molecule has 0 aliphatic carbocycles. The van der Waals surface area contributed by atoms with Crippen molar-refractivity contribution >= 4 is 17.0 Å². The number of benzene rings is 3. The minimum absolute atomic E-state index is 0.160. The minimum atomic E-state index is -1.01. The van der Waals surface area contributed by atoms with E-state index in [1.807, 2.05) is 18.2 Å². The number of carboxylic acid groups (broad SMARTS) is 1. The summed E-state index contributed by atoms with van der Waals surface area (Å²) in [5, 5.41) is 18.1. The molecule has 0 aliphatic rings. The molecule has 0 unspecified atom stereocenters. The third kappa shape index (κ3) is 5.46. The fourth-order valence-electron chi connectivity index (χ4n) is 3.99. The predicted molar refractivity (Wildman–Crippen MR) is 130 cm³/mol. The van der Waals surface area contributed by atoms with E-state index in [0.29, 0.717) is 11.0 Å². The smallest absolute Gasteiger partial charge is 0.338 e. The monoisotopic (exact) mass is 443 g/mol. The number of nitrogens with zero attached hydrogens (tertiary/aromatic N) is 3. The summed E-state index contributed by atoms with van der Waals surface area (Å²) in [7, 11) is 1.69. The molecule has 0 fully saturated rings. The minimum Gasteiger partial charge on any atom is -0.478 e. The van der Waals surface area contributed by atoms with Gasteiger partial charge in [-0.15, -0.1) is 0 Å². The van der Waals surface area contributed by atoms with Gasteiger partial charge in [-0.3, -0.25) is 0 Å². The number of aryl methyl sites for hydroxylation is 2. The van der Waals surface area contributed by atoms with E-state index in [1.165, 1.54) is 15.9 Å². The maximum Gasteiger partial charge on any atom is 0.338 e. The first-order valence-corrected chi connectivity index (χ1v) is 11.4. The molecule has 0 amide bonds. The molecule has 0 saturated carbocycles. The summed E-state index contributed by atoms with van der Waals surface area (Å²) >= 11 is 0. The van der Waals surface area contributed by atoms with Crippen molar-refractivity contribution < 1.29 is 14.6 Å². The number of fused-ring (bicyclic) bond motifs is 1. The second-order valence-electron chi connectivity index (χ2n) is 8.23. The van der Waals surface area contributed by atoms with Gasteiger partial charge in [-0.1, -0.05) is 55.5 Å². The molecule has 0 radical (unpaired) electrons. The van der Waals surface area contributed by atoms with Crippen molar-refractivity contribution in [2.45, 2.75) is 32.6 Å². The summed E-state index contributed by atoms with van der Waals surface area (Å²) in [5.41, 5.74) is 6.52. The molecule has 4 aromatic rings. The molecule has 0 saturated heterocycles. The molecule has 0 bridgehead atoms. The van der Waals surface area contributed by atoms with Crippen LogP contribution in [0.4, 0.5) is 0 Å². The molecule has 0 atom stereocenters. The number of hydrogen-bond acceptors (Lipinski definition) is 4. The topological polar surface area (TPSA) is 77.2 Å². The van der Waals surface area contributed by atoms with Crippen LogP contribution in [0.15, 0.2) is 60.7 Å². The van der Waals surface area contributed by atoms with Crippen LogP contribution in [0, 0.1) is 0 Å². The van der Waals surface area contributed by atoms with Crippen molar-refractivity contribution in [1.29, 1.82) is 0 Å². The van der Waals surface area contributed by atoms with E-state index in [0.717, 1.165) is 55.6 Å².